The van der Waals surface area contributed by atoms with Crippen LogP contribution in [0.4, 0.5) is 46.9 Å². The van der Waals surface area contributed by atoms with Gasteiger partial charge in [0, 0.05) is 104 Å². The number of carbonyl (C=O) groups excluding carboxylic acids is 5. The van der Waals surface area contributed by atoms with E-state index in [2.05, 4.69) is 37.1 Å². The molecule has 98 heavy (non-hydrogen) atoms. The molecule has 10 rings (SSSR count). The van der Waals surface area contributed by atoms with Crippen LogP contribution in [0.2, 0.25) is 0 Å². The number of halogens is 7. The van der Waals surface area contributed by atoms with Crippen LogP contribution < -0.4 is 10.2 Å². The summed E-state index contributed by atoms with van der Waals surface area (Å²) in [5.41, 5.74) is 0.891. The van der Waals surface area contributed by atoms with E-state index in [1.54, 1.807) is 41.1 Å². The van der Waals surface area contributed by atoms with Crippen LogP contribution in [-0.4, -0.2) is 190 Å². The minimum absolute atomic E-state index is 0.0294. The van der Waals surface area contributed by atoms with Crippen molar-refractivity contribution in [3.8, 4) is 11.1 Å². The number of alkyl halides is 6. The van der Waals surface area contributed by atoms with Gasteiger partial charge in [0.2, 0.25) is 11.8 Å². The third-order valence-electron chi connectivity index (χ3n) is 19.8. The summed E-state index contributed by atoms with van der Waals surface area (Å²) in [5.74, 6) is -1.95. The number of amides is 5. The summed E-state index contributed by atoms with van der Waals surface area (Å²) in [5, 5.41) is 2.93. The lowest BCUT2D eigenvalue weighted by Gasteiger charge is -2.44. The second-order valence-electron chi connectivity index (χ2n) is 26.3. The van der Waals surface area contributed by atoms with E-state index in [9.17, 15) is 54.7 Å². The van der Waals surface area contributed by atoms with E-state index in [1.165, 1.54) is 24.3 Å². The Balaban J connectivity index is 0.610. The number of hydrogen-bond acceptors (Lipinski definition) is 12. The number of nitrogens with one attached hydrogen (secondary N) is 1. The summed E-state index contributed by atoms with van der Waals surface area (Å²) in [4.78, 5) is 84.0. The molecule has 4 heterocycles. The number of para-hydroxylation sites is 1. The average molecular weight is 1360 g/mol. The number of ether oxygens (including phenoxy) is 3. The van der Waals surface area contributed by atoms with Gasteiger partial charge >= 0.3 is 18.4 Å². The maximum absolute atomic E-state index is 14.2. The fraction of sp³-hybridized carbons (Fsp3) is 0.459. The van der Waals surface area contributed by atoms with Crippen LogP contribution in [0, 0.1) is 5.82 Å². The van der Waals surface area contributed by atoms with Crippen molar-refractivity contribution < 1.29 is 68.9 Å². The van der Waals surface area contributed by atoms with Crippen molar-refractivity contribution in [1.29, 1.82) is 0 Å². The molecule has 3 aliphatic heterocycles. The molecule has 17 nitrogen and oxygen atoms in total. The number of likely N-dealkylation sites (tertiary alicyclic amines) is 2. The van der Waals surface area contributed by atoms with Crippen LogP contribution in [0.15, 0.2) is 140 Å². The van der Waals surface area contributed by atoms with Crippen LogP contribution >= 0.6 is 0 Å². The van der Waals surface area contributed by atoms with E-state index >= 15 is 0 Å². The van der Waals surface area contributed by atoms with E-state index in [0.717, 1.165) is 91.1 Å². The number of piperidine rings is 2. The second kappa shape index (κ2) is 32.0. The number of aromatic nitrogens is 1. The monoisotopic (exact) mass is 1360 g/mol. The van der Waals surface area contributed by atoms with Gasteiger partial charge in [-0.25, -0.2) is 14.2 Å². The van der Waals surface area contributed by atoms with Crippen molar-refractivity contribution in [3.63, 3.8) is 0 Å². The third-order valence-corrected chi connectivity index (χ3v) is 19.8. The van der Waals surface area contributed by atoms with Crippen molar-refractivity contribution in [2.75, 3.05) is 124 Å². The Kier molecular flexibility index (Phi) is 23.6. The van der Waals surface area contributed by atoms with Gasteiger partial charge in [0.05, 0.1) is 41.3 Å². The highest BCUT2D eigenvalue weighted by atomic mass is 19.4. The summed E-state index contributed by atoms with van der Waals surface area (Å²) in [6.45, 7) is 5.25. The normalized spacial score (nSPS) is 18.1. The van der Waals surface area contributed by atoms with Gasteiger partial charge in [-0.05, 0) is 142 Å². The minimum atomic E-state index is -5.15. The molecule has 5 amide bonds. The zero-order valence-electron chi connectivity index (χ0n) is 55.9. The zero-order chi connectivity index (χ0) is 69.8. The molecular weight excluding hydrogens is 1280 g/mol. The maximum atomic E-state index is 14.2. The van der Waals surface area contributed by atoms with E-state index in [-0.39, 0.29) is 55.6 Å². The molecule has 5 aromatic carbocycles. The molecule has 1 spiro atoms. The van der Waals surface area contributed by atoms with Gasteiger partial charge in [-0.3, -0.25) is 24.5 Å². The molecule has 4 aliphatic rings. The smallest absolute Gasteiger partial charge is 0.416 e. The summed E-state index contributed by atoms with van der Waals surface area (Å²) < 4.78 is 116. The fourth-order valence-corrected chi connectivity index (χ4v) is 13.8. The van der Waals surface area contributed by atoms with Gasteiger partial charge in [-0.2, -0.15) is 26.3 Å². The molecular formula is C74H86F7N9O8. The lowest BCUT2D eigenvalue weighted by molar-refractivity contribution is -0.143. The van der Waals surface area contributed by atoms with Gasteiger partial charge in [0.1, 0.15) is 36.6 Å². The molecule has 1 N–H and O–H groups in total. The van der Waals surface area contributed by atoms with E-state index in [1.807, 2.05) is 86.9 Å². The largest absolute Gasteiger partial charge is 0.446 e. The molecule has 0 saturated carbocycles. The fourth-order valence-electron chi connectivity index (χ4n) is 13.8. The summed E-state index contributed by atoms with van der Waals surface area (Å²) in [7, 11) is 7.23. The molecule has 3 saturated heterocycles. The lowest BCUT2D eigenvalue weighted by Crippen LogP contribution is -2.50. The summed E-state index contributed by atoms with van der Waals surface area (Å²) >= 11 is 0. The predicted molar refractivity (Wildman–Crippen MR) is 358 cm³/mol. The molecule has 24 heteroatoms. The van der Waals surface area contributed by atoms with E-state index in [4.69, 9.17) is 14.2 Å². The van der Waals surface area contributed by atoms with Gasteiger partial charge in [-0.15, -0.1) is 0 Å². The number of unbranched alkanes of at least 4 members (excludes halogenated alkanes) is 2. The molecule has 0 radical (unpaired) electrons. The average Bonchev–Trinajstić information content (AvgIpc) is 1.58. The second-order valence-corrected chi connectivity index (χ2v) is 26.3. The number of nitrogens with zero attached hydrogens (tertiary/aromatic N) is 8. The van der Waals surface area contributed by atoms with Crippen LogP contribution in [-0.2, 0) is 53.6 Å². The molecule has 524 valence electrons. The van der Waals surface area contributed by atoms with E-state index in [0.29, 0.717) is 100 Å². The Hall–Kier alpha value is -8.45. The quantitative estimate of drug-likeness (QED) is 0.0405. The Bertz CT molecular complexity index is 3670. The first-order valence-corrected chi connectivity index (χ1v) is 33.5. The number of anilines is 2. The molecule has 3 fully saturated rings. The van der Waals surface area contributed by atoms with Crippen molar-refractivity contribution in [2.24, 2.45) is 0 Å². The number of carbonyl (C=O) groups is 5. The summed E-state index contributed by atoms with van der Waals surface area (Å²) in [6.07, 6.45) is -2.44. The van der Waals surface area contributed by atoms with Crippen LogP contribution in [0.5, 0.6) is 0 Å². The first-order valence-electron chi connectivity index (χ1n) is 33.5. The number of likely N-dealkylation sites (N-methyl/N-ethyl adjacent to an activating group) is 2. The number of pyridine rings is 1. The van der Waals surface area contributed by atoms with E-state index < -0.39 is 64.6 Å². The lowest BCUT2D eigenvalue weighted by atomic mass is 9.72. The van der Waals surface area contributed by atoms with Gasteiger partial charge < -0.3 is 48.5 Å². The Morgan fingerprint density at radius 2 is 1.33 bits per heavy atom. The van der Waals surface area contributed by atoms with Crippen LogP contribution in [0.25, 0.3) is 11.1 Å². The molecule has 1 aromatic heterocycles. The molecule has 1 aliphatic carbocycles. The SMILES string of the molecule is CN(CCN1CCC(OC(=O)Nc2ccccc2-c2ccccc2)CC1)C(=O)CCCCCN(C)c1ccc(C(=O)N(C)CCCN(C)C(=O)COC2Cc3ccccc3C23CCN(CCC2(c4ccc(F)cc4)CN(C(=O)c4cc(C(F)(F)F)cc(C(F)(F)F)c4)CO2)CC3)nc1. The number of benzene rings is 5. The first kappa shape index (κ1) is 72.3. The van der Waals surface area contributed by atoms with Crippen LogP contribution in [0.3, 0.4) is 0 Å². The van der Waals surface area contributed by atoms with Crippen molar-refractivity contribution in [1.82, 2.24) is 34.4 Å². The van der Waals surface area contributed by atoms with Gasteiger partial charge in [0.25, 0.3) is 11.8 Å². The highest BCUT2D eigenvalue weighted by Crippen LogP contribution is 2.49. The maximum Gasteiger partial charge on any atom is 0.416 e. The zero-order valence-corrected chi connectivity index (χ0v) is 55.9. The molecule has 2 atom stereocenters. The summed E-state index contributed by atoms with van der Waals surface area (Å²) in [6, 6.07) is 35.5. The highest BCUT2D eigenvalue weighted by Gasteiger charge is 2.50. The molecule has 6 aromatic rings. The van der Waals surface area contributed by atoms with Gasteiger partial charge in [-0.1, -0.05) is 91.3 Å². The predicted octanol–water partition coefficient (Wildman–Crippen LogP) is 12.4. The minimum Gasteiger partial charge on any atom is -0.446 e. The topological polar surface area (TPSA) is 161 Å². The van der Waals surface area contributed by atoms with Crippen molar-refractivity contribution >= 4 is 41.1 Å². The van der Waals surface area contributed by atoms with Crippen LogP contribution in [0.1, 0.15) is 113 Å². The standard InChI is InChI=1S/C74H86F7N9O8/c1-84(34-14-6-9-22-66(91)86(3)42-43-88-37-29-60(30-38-88)98-70(95)83-63-21-13-11-19-61(63)52-16-7-5-8-17-52)59-27-28-64(82-48-59)69(94)87(4)36-15-35-85(2)67(92)49-96-65-46-53-18-10-12-20-62(53)71(65)31-39-89(40-32-71)41-33-72(55-23-25-58(75)26-24-55)50-90(51-97-72)68(93)54-44-56(73(76,77)78)47-57(45-54)74(79,80)81/h5,7-8,10-13,16-21,23-28,44-45,47-48,60,65H,6,9,14-15,22,29-43,46,49-51H2,1-4H3,(H,83,95). The number of fused-ring (bicyclic) bond motifs is 2. The van der Waals surface area contributed by atoms with Crippen molar-refractivity contribution in [3.05, 3.63) is 185 Å². The Morgan fingerprint density at radius 3 is 2.02 bits per heavy atom. The number of rotatable bonds is 26. The van der Waals surface area contributed by atoms with Gasteiger partial charge in [0.15, 0.2) is 0 Å². The van der Waals surface area contributed by atoms with Crippen molar-refractivity contribution in [2.45, 2.75) is 106 Å². The Morgan fingerprint density at radius 1 is 0.673 bits per heavy atom. The number of hydrogen-bond donors (Lipinski definition) is 1. The highest BCUT2D eigenvalue weighted by molar-refractivity contribution is 5.95. The molecule has 2 unspecified atom stereocenters. The third kappa shape index (κ3) is 18.1. The molecule has 0 bridgehead atoms. The Labute approximate surface area is 567 Å². The first-order chi connectivity index (χ1) is 46.9.